The van der Waals surface area contributed by atoms with Gasteiger partial charge in [0, 0.05) is 28.0 Å². The summed E-state index contributed by atoms with van der Waals surface area (Å²) in [4.78, 5) is 4.64. The van der Waals surface area contributed by atoms with E-state index in [-0.39, 0.29) is 0 Å². The molecule has 0 fully saturated rings. The summed E-state index contributed by atoms with van der Waals surface area (Å²) in [5, 5.41) is 6.62. The Kier molecular flexibility index (Phi) is 4.31. The van der Waals surface area contributed by atoms with Crippen molar-refractivity contribution in [2.24, 2.45) is 0 Å². The summed E-state index contributed by atoms with van der Waals surface area (Å²) in [5.74, 6) is 0. The molecule has 1 N–H and O–H groups in total. The molecule has 0 amide bonds. The molecule has 1 aromatic carbocycles. The second-order valence-electron chi connectivity index (χ2n) is 4.14. The molecule has 0 aliphatic carbocycles. The number of halogens is 1. The predicted molar refractivity (Wildman–Crippen MR) is 77.2 cm³/mol. The average molecular weight is 311 g/mol. The molecule has 0 radical (unpaired) electrons. The number of aromatic nitrogens is 1. The van der Waals surface area contributed by atoms with Gasteiger partial charge in [-0.2, -0.15) is 0 Å². The molecule has 0 bridgehead atoms. The van der Waals surface area contributed by atoms with E-state index in [1.807, 2.05) is 18.2 Å². The van der Waals surface area contributed by atoms with Gasteiger partial charge in [-0.15, -0.1) is 11.3 Å². The molecule has 17 heavy (non-hydrogen) atoms. The Morgan fingerprint density at radius 1 is 1.35 bits per heavy atom. The largest absolute Gasteiger partial charge is 0.308 e. The zero-order valence-electron chi connectivity index (χ0n) is 9.90. The van der Waals surface area contributed by atoms with E-state index in [1.54, 1.807) is 11.3 Å². The number of thiazole rings is 1. The SMILES string of the molecule is CC(C)NCc1nc(-c2ccccc2Br)cs1. The number of benzene rings is 1. The van der Waals surface area contributed by atoms with Gasteiger partial charge in [0.1, 0.15) is 5.01 Å². The van der Waals surface area contributed by atoms with Crippen molar-refractivity contribution in [2.45, 2.75) is 26.4 Å². The highest BCUT2D eigenvalue weighted by atomic mass is 79.9. The molecule has 2 nitrogen and oxygen atoms in total. The Labute approximate surface area is 114 Å². The summed E-state index contributed by atoms with van der Waals surface area (Å²) in [7, 11) is 0. The molecule has 1 aromatic heterocycles. The van der Waals surface area contributed by atoms with Crippen molar-refractivity contribution in [1.29, 1.82) is 0 Å². The summed E-state index contributed by atoms with van der Waals surface area (Å²) < 4.78 is 1.09. The second kappa shape index (κ2) is 5.76. The molecule has 0 saturated carbocycles. The molecule has 0 spiro atoms. The first-order valence-corrected chi connectivity index (χ1v) is 7.27. The van der Waals surface area contributed by atoms with Crippen molar-refractivity contribution >= 4 is 27.3 Å². The van der Waals surface area contributed by atoms with Crippen molar-refractivity contribution in [2.75, 3.05) is 0 Å². The molecule has 0 aliphatic rings. The van der Waals surface area contributed by atoms with E-state index in [9.17, 15) is 0 Å². The van der Waals surface area contributed by atoms with Crippen LogP contribution in [0.4, 0.5) is 0 Å². The summed E-state index contributed by atoms with van der Waals surface area (Å²) >= 11 is 5.25. The topological polar surface area (TPSA) is 24.9 Å². The van der Waals surface area contributed by atoms with Crippen LogP contribution < -0.4 is 5.32 Å². The Bertz CT molecular complexity index is 494. The van der Waals surface area contributed by atoms with Gasteiger partial charge in [-0.3, -0.25) is 0 Å². The van der Waals surface area contributed by atoms with Crippen LogP contribution in [0.25, 0.3) is 11.3 Å². The zero-order chi connectivity index (χ0) is 12.3. The lowest BCUT2D eigenvalue weighted by Crippen LogP contribution is -2.21. The van der Waals surface area contributed by atoms with Crippen LogP contribution in [0.3, 0.4) is 0 Å². The lowest BCUT2D eigenvalue weighted by Gasteiger charge is -2.04. The number of nitrogens with one attached hydrogen (secondary N) is 1. The quantitative estimate of drug-likeness (QED) is 0.920. The number of nitrogens with zero attached hydrogens (tertiary/aromatic N) is 1. The first kappa shape index (κ1) is 12.7. The fraction of sp³-hybridized carbons (Fsp3) is 0.308. The maximum atomic E-state index is 4.64. The van der Waals surface area contributed by atoms with Gasteiger partial charge in [0.15, 0.2) is 0 Å². The molecule has 90 valence electrons. The van der Waals surface area contributed by atoms with Gasteiger partial charge in [-0.25, -0.2) is 4.98 Å². The minimum atomic E-state index is 0.491. The third-order valence-electron chi connectivity index (χ3n) is 2.36. The van der Waals surface area contributed by atoms with Gasteiger partial charge in [-0.1, -0.05) is 48.0 Å². The van der Waals surface area contributed by atoms with Crippen LogP contribution in [-0.4, -0.2) is 11.0 Å². The van der Waals surface area contributed by atoms with Crippen LogP contribution in [0.1, 0.15) is 18.9 Å². The third-order valence-corrected chi connectivity index (χ3v) is 3.90. The zero-order valence-corrected chi connectivity index (χ0v) is 12.3. The maximum Gasteiger partial charge on any atom is 0.107 e. The normalized spacial score (nSPS) is 11.1. The van der Waals surface area contributed by atoms with E-state index in [1.165, 1.54) is 0 Å². The van der Waals surface area contributed by atoms with Crippen molar-refractivity contribution in [3.8, 4) is 11.3 Å². The van der Waals surface area contributed by atoms with Gasteiger partial charge >= 0.3 is 0 Å². The highest BCUT2D eigenvalue weighted by molar-refractivity contribution is 9.10. The summed E-state index contributed by atoms with van der Waals surface area (Å²) in [6.45, 7) is 5.12. The van der Waals surface area contributed by atoms with Crippen LogP contribution in [-0.2, 0) is 6.54 Å². The Balaban J connectivity index is 2.16. The van der Waals surface area contributed by atoms with Gasteiger partial charge < -0.3 is 5.32 Å². The summed E-state index contributed by atoms with van der Waals surface area (Å²) in [6, 6.07) is 8.66. The fourth-order valence-electron chi connectivity index (χ4n) is 1.48. The van der Waals surface area contributed by atoms with Crippen LogP contribution in [0.15, 0.2) is 34.1 Å². The number of rotatable bonds is 4. The van der Waals surface area contributed by atoms with E-state index in [4.69, 9.17) is 0 Å². The van der Waals surface area contributed by atoms with Crippen molar-refractivity contribution in [1.82, 2.24) is 10.3 Å². The molecule has 2 rings (SSSR count). The molecular weight excluding hydrogens is 296 g/mol. The van der Waals surface area contributed by atoms with E-state index in [0.29, 0.717) is 6.04 Å². The van der Waals surface area contributed by atoms with E-state index < -0.39 is 0 Å². The molecule has 0 aliphatic heterocycles. The monoisotopic (exact) mass is 310 g/mol. The predicted octanol–water partition coefficient (Wildman–Crippen LogP) is 4.07. The highest BCUT2D eigenvalue weighted by Gasteiger charge is 2.07. The average Bonchev–Trinajstić information content (AvgIpc) is 2.75. The van der Waals surface area contributed by atoms with E-state index in [0.717, 1.165) is 27.3 Å². The third kappa shape index (κ3) is 3.37. The molecule has 0 atom stereocenters. The van der Waals surface area contributed by atoms with Crippen LogP contribution in [0.2, 0.25) is 0 Å². The summed E-state index contributed by atoms with van der Waals surface area (Å²) in [5.41, 5.74) is 2.20. The van der Waals surface area contributed by atoms with E-state index >= 15 is 0 Å². The first-order valence-electron chi connectivity index (χ1n) is 5.59. The molecule has 2 aromatic rings. The fourth-order valence-corrected chi connectivity index (χ4v) is 2.71. The van der Waals surface area contributed by atoms with Crippen molar-refractivity contribution in [3.05, 3.63) is 39.1 Å². The molecule has 0 unspecified atom stereocenters. The minimum Gasteiger partial charge on any atom is -0.308 e. The van der Waals surface area contributed by atoms with Gasteiger partial charge in [0.05, 0.1) is 5.69 Å². The van der Waals surface area contributed by atoms with Crippen LogP contribution >= 0.6 is 27.3 Å². The standard InChI is InChI=1S/C13H15BrN2S/c1-9(2)15-7-13-16-12(8-17-13)10-5-3-4-6-11(10)14/h3-6,8-9,15H,7H2,1-2H3. The van der Waals surface area contributed by atoms with Crippen LogP contribution in [0, 0.1) is 0 Å². The van der Waals surface area contributed by atoms with Gasteiger partial charge in [0.25, 0.3) is 0 Å². The molecule has 4 heteroatoms. The second-order valence-corrected chi connectivity index (χ2v) is 5.94. The first-order chi connectivity index (χ1) is 8.16. The maximum absolute atomic E-state index is 4.64. The molecular formula is C13H15BrN2S. The van der Waals surface area contributed by atoms with Gasteiger partial charge in [-0.05, 0) is 6.07 Å². The molecule has 1 heterocycles. The number of hydrogen-bond donors (Lipinski definition) is 1. The Hall–Kier alpha value is -0.710. The van der Waals surface area contributed by atoms with Gasteiger partial charge in [0.2, 0.25) is 0 Å². The van der Waals surface area contributed by atoms with Crippen molar-refractivity contribution in [3.63, 3.8) is 0 Å². The lowest BCUT2D eigenvalue weighted by molar-refractivity contribution is 0.587. The Morgan fingerprint density at radius 2 is 2.12 bits per heavy atom. The van der Waals surface area contributed by atoms with Crippen LogP contribution in [0.5, 0.6) is 0 Å². The lowest BCUT2D eigenvalue weighted by atomic mass is 10.2. The highest BCUT2D eigenvalue weighted by Crippen LogP contribution is 2.28. The van der Waals surface area contributed by atoms with Crippen molar-refractivity contribution < 1.29 is 0 Å². The molecule has 0 saturated heterocycles. The smallest absolute Gasteiger partial charge is 0.107 e. The number of hydrogen-bond acceptors (Lipinski definition) is 3. The van der Waals surface area contributed by atoms with E-state index in [2.05, 4.69) is 51.5 Å². The summed E-state index contributed by atoms with van der Waals surface area (Å²) in [6.07, 6.45) is 0. The minimum absolute atomic E-state index is 0.491. The Morgan fingerprint density at radius 3 is 2.82 bits per heavy atom.